The molecule has 0 saturated carbocycles. The van der Waals surface area contributed by atoms with Crippen molar-refractivity contribution in [1.82, 2.24) is 9.55 Å². The topological polar surface area (TPSA) is 26.7 Å². The van der Waals surface area contributed by atoms with Gasteiger partial charge in [0.05, 0.1) is 0 Å². The van der Waals surface area contributed by atoms with Crippen molar-refractivity contribution in [2.75, 3.05) is 26.2 Å². The number of hydrogen-bond donors (Lipinski definition) is 2. The van der Waals surface area contributed by atoms with Crippen LogP contribution in [0.2, 0.25) is 0 Å². The lowest BCUT2D eigenvalue weighted by Gasteiger charge is -2.29. The van der Waals surface area contributed by atoms with Crippen LogP contribution >= 0.6 is 0 Å². The van der Waals surface area contributed by atoms with E-state index in [1.807, 2.05) is 18.5 Å². The van der Waals surface area contributed by atoms with Gasteiger partial charge in [0, 0.05) is 51.9 Å². The Hall–Kier alpha value is -2.69. The van der Waals surface area contributed by atoms with E-state index < -0.39 is 0 Å². The van der Waals surface area contributed by atoms with Gasteiger partial charge in [-0.05, 0) is 31.2 Å². The summed E-state index contributed by atoms with van der Waals surface area (Å²) in [6, 6.07) is 20.2. The van der Waals surface area contributed by atoms with Crippen LogP contribution in [0.25, 0.3) is 21.8 Å². The van der Waals surface area contributed by atoms with Gasteiger partial charge in [-0.15, -0.1) is 0 Å². The molecule has 1 saturated heterocycles. The first-order valence-corrected chi connectivity index (χ1v) is 10.9. The number of fused-ring (bicyclic) bond motifs is 3. The summed E-state index contributed by atoms with van der Waals surface area (Å²) in [5.74, 6) is 0. The summed E-state index contributed by atoms with van der Waals surface area (Å²) >= 11 is 0. The monoisotopic (exact) mass is 386 g/mol. The molecule has 148 valence electrons. The van der Waals surface area contributed by atoms with E-state index in [0.717, 1.165) is 19.6 Å². The molecule has 0 amide bonds. The summed E-state index contributed by atoms with van der Waals surface area (Å²) in [5, 5.41) is 2.78. The number of hydrogen-bond acceptors (Lipinski definition) is 1. The smallest absolute Gasteiger partial charge is 0.127 e. The molecule has 3 heterocycles. The number of quaternary nitrogens is 2. The lowest BCUT2D eigenvalue weighted by atomic mass is 10.1. The van der Waals surface area contributed by atoms with Crippen LogP contribution in [-0.4, -0.2) is 35.7 Å². The Morgan fingerprint density at radius 3 is 2.24 bits per heavy atom. The first-order valence-electron chi connectivity index (χ1n) is 10.9. The van der Waals surface area contributed by atoms with E-state index in [4.69, 9.17) is 0 Å². The average Bonchev–Trinajstić information content (AvgIpc) is 3.09. The second kappa shape index (κ2) is 7.97. The molecule has 2 aromatic carbocycles. The third-order valence-corrected chi connectivity index (χ3v) is 6.45. The number of aromatic nitrogens is 2. The molecule has 0 radical (unpaired) electrons. The third kappa shape index (κ3) is 3.66. The summed E-state index contributed by atoms with van der Waals surface area (Å²) in [4.78, 5) is 7.65. The minimum absolute atomic E-state index is 1.01. The first-order chi connectivity index (χ1) is 14.3. The molecule has 29 heavy (non-hydrogen) atoms. The number of aryl methyl sites for hydroxylation is 1. The molecule has 0 unspecified atom stereocenters. The molecule has 0 bridgehead atoms. The van der Waals surface area contributed by atoms with E-state index in [0.29, 0.717) is 0 Å². The average molecular weight is 387 g/mol. The minimum Gasteiger partial charge on any atom is -0.341 e. The number of nitrogens with one attached hydrogen (secondary N) is 2. The van der Waals surface area contributed by atoms with Gasteiger partial charge in [0.1, 0.15) is 39.3 Å². The maximum atomic E-state index is 4.25. The van der Waals surface area contributed by atoms with Gasteiger partial charge in [-0.3, -0.25) is 4.98 Å². The van der Waals surface area contributed by atoms with Crippen LogP contribution in [0.4, 0.5) is 0 Å². The van der Waals surface area contributed by atoms with Crippen LogP contribution in [0, 0.1) is 0 Å². The van der Waals surface area contributed by atoms with Crippen LogP contribution in [0.3, 0.4) is 0 Å². The molecule has 1 aliphatic heterocycles. The van der Waals surface area contributed by atoms with Crippen LogP contribution in [0.5, 0.6) is 0 Å². The molecule has 1 fully saturated rings. The van der Waals surface area contributed by atoms with Gasteiger partial charge >= 0.3 is 0 Å². The molecule has 2 N–H and O–H groups in total. The highest BCUT2D eigenvalue weighted by molar-refractivity contribution is 6.08. The predicted octanol–water partition coefficient (Wildman–Crippen LogP) is 1.69. The van der Waals surface area contributed by atoms with Crippen molar-refractivity contribution in [3.8, 4) is 0 Å². The summed E-state index contributed by atoms with van der Waals surface area (Å²) in [7, 11) is 0. The van der Waals surface area contributed by atoms with Crippen molar-refractivity contribution in [3.05, 3.63) is 78.1 Å². The molecule has 4 nitrogen and oxygen atoms in total. The summed E-state index contributed by atoms with van der Waals surface area (Å²) < 4.78 is 2.43. The summed E-state index contributed by atoms with van der Waals surface area (Å²) in [5.41, 5.74) is 5.52. The van der Waals surface area contributed by atoms with Crippen molar-refractivity contribution >= 4 is 21.8 Å². The molecule has 2 aromatic heterocycles. The number of piperazine rings is 1. The van der Waals surface area contributed by atoms with Crippen molar-refractivity contribution in [2.24, 2.45) is 0 Å². The number of benzene rings is 2. The van der Waals surface area contributed by atoms with Crippen LogP contribution < -0.4 is 9.80 Å². The zero-order chi connectivity index (χ0) is 19.6. The second-order valence-corrected chi connectivity index (χ2v) is 8.33. The van der Waals surface area contributed by atoms with Gasteiger partial charge in [-0.25, -0.2) is 0 Å². The number of para-hydroxylation sites is 1. The molecular formula is C25H30N4+2. The Morgan fingerprint density at radius 2 is 1.52 bits per heavy atom. The fraction of sp³-hybridized carbons (Fsp3) is 0.320. The zero-order valence-electron chi connectivity index (χ0n) is 17.2. The first kappa shape index (κ1) is 18.3. The molecule has 5 rings (SSSR count). The Balaban J connectivity index is 1.29. The lowest BCUT2D eigenvalue weighted by Crippen LogP contribution is -3.27. The molecule has 0 spiro atoms. The largest absolute Gasteiger partial charge is 0.341 e. The van der Waals surface area contributed by atoms with Gasteiger partial charge in [-0.2, -0.15) is 0 Å². The molecular weight excluding hydrogens is 356 g/mol. The minimum atomic E-state index is 1.01. The highest BCUT2D eigenvalue weighted by Crippen LogP contribution is 2.29. The van der Waals surface area contributed by atoms with Crippen LogP contribution in [0.1, 0.15) is 18.1 Å². The quantitative estimate of drug-likeness (QED) is 0.537. The van der Waals surface area contributed by atoms with E-state index in [-0.39, 0.29) is 0 Å². The Bertz CT molecular complexity index is 1110. The number of rotatable bonds is 5. The molecule has 4 heteroatoms. The third-order valence-electron chi connectivity index (χ3n) is 6.45. The Morgan fingerprint density at radius 1 is 0.793 bits per heavy atom. The highest BCUT2D eigenvalue weighted by Gasteiger charge is 2.23. The SMILES string of the molecule is CCn1c2ccccc2c2cc(C[NH+]3CC[NH+](Cc4cccnc4)CC3)ccc21. The Kier molecular flexibility index (Phi) is 5.04. The van der Waals surface area contributed by atoms with Gasteiger partial charge < -0.3 is 14.4 Å². The van der Waals surface area contributed by atoms with Crippen molar-refractivity contribution in [1.29, 1.82) is 0 Å². The van der Waals surface area contributed by atoms with E-state index in [1.54, 1.807) is 9.80 Å². The normalized spacial score (nSPS) is 19.8. The molecule has 0 aliphatic carbocycles. The summed E-state index contributed by atoms with van der Waals surface area (Å²) in [6.45, 7) is 10.4. The van der Waals surface area contributed by atoms with Crippen molar-refractivity contribution in [2.45, 2.75) is 26.6 Å². The number of nitrogens with zero attached hydrogens (tertiary/aromatic N) is 2. The van der Waals surface area contributed by atoms with E-state index in [9.17, 15) is 0 Å². The van der Waals surface area contributed by atoms with Crippen molar-refractivity contribution < 1.29 is 9.80 Å². The van der Waals surface area contributed by atoms with Gasteiger partial charge in [-0.1, -0.05) is 30.3 Å². The standard InChI is InChI=1S/C25H28N4/c1-2-29-24-8-4-3-7-22(24)23-16-20(9-10-25(23)29)18-27-12-14-28(15-13-27)19-21-6-5-11-26-17-21/h3-11,16-17H,2,12-15,18-19H2,1H3/p+2. The lowest BCUT2D eigenvalue weighted by molar-refractivity contribution is -1.02. The Labute approximate surface area is 172 Å². The maximum Gasteiger partial charge on any atom is 0.127 e. The van der Waals surface area contributed by atoms with E-state index in [1.165, 1.54) is 59.1 Å². The maximum absolute atomic E-state index is 4.25. The van der Waals surface area contributed by atoms with Gasteiger partial charge in [0.15, 0.2) is 0 Å². The second-order valence-electron chi connectivity index (χ2n) is 8.33. The van der Waals surface area contributed by atoms with Gasteiger partial charge in [0.2, 0.25) is 0 Å². The van der Waals surface area contributed by atoms with E-state index in [2.05, 4.69) is 65.0 Å². The van der Waals surface area contributed by atoms with E-state index >= 15 is 0 Å². The number of pyridine rings is 1. The van der Waals surface area contributed by atoms with Crippen LogP contribution in [0.15, 0.2) is 67.0 Å². The van der Waals surface area contributed by atoms with Crippen molar-refractivity contribution in [3.63, 3.8) is 0 Å². The summed E-state index contributed by atoms with van der Waals surface area (Å²) in [6.07, 6.45) is 3.86. The molecule has 0 atom stereocenters. The fourth-order valence-corrected chi connectivity index (χ4v) is 4.94. The van der Waals surface area contributed by atoms with Gasteiger partial charge in [0.25, 0.3) is 0 Å². The fourth-order valence-electron chi connectivity index (χ4n) is 4.94. The molecule has 1 aliphatic rings. The van der Waals surface area contributed by atoms with Crippen LogP contribution in [-0.2, 0) is 19.6 Å². The highest BCUT2D eigenvalue weighted by atomic mass is 15.3. The predicted molar refractivity (Wildman–Crippen MR) is 118 cm³/mol. The molecule has 4 aromatic rings. The zero-order valence-corrected chi connectivity index (χ0v) is 17.2.